The second-order valence-corrected chi connectivity index (χ2v) is 5.96. The van der Waals surface area contributed by atoms with E-state index in [1.54, 1.807) is 37.4 Å². The quantitative estimate of drug-likeness (QED) is 0.581. The summed E-state index contributed by atoms with van der Waals surface area (Å²) in [4.78, 5) is 24.8. The molecule has 0 aliphatic heterocycles. The fourth-order valence-corrected chi connectivity index (χ4v) is 2.62. The van der Waals surface area contributed by atoms with Gasteiger partial charge in [0.25, 0.3) is 11.8 Å². The van der Waals surface area contributed by atoms with E-state index in [1.165, 1.54) is 11.3 Å². The molecule has 8 heteroatoms. The molecule has 1 heterocycles. The summed E-state index contributed by atoms with van der Waals surface area (Å²) in [5.41, 5.74) is 1.11. The molecule has 6 nitrogen and oxygen atoms in total. The Morgan fingerprint density at radius 2 is 1.92 bits per heavy atom. The van der Waals surface area contributed by atoms with E-state index >= 15 is 0 Å². The second kappa shape index (κ2) is 11.6. The predicted octanol–water partition coefficient (Wildman–Crippen LogP) is 2.39. The fourth-order valence-electron chi connectivity index (χ4n) is 2.00. The first kappa shape index (κ1) is 21.1. The average Bonchev–Trinajstić information content (AvgIpc) is 3.13. The molecule has 2 rings (SSSR count). The number of benzene rings is 1. The molecule has 25 heavy (non-hydrogen) atoms. The summed E-state index contributed by atoms with van der Waals surface area (Å²) >= 11 is 1.37. The van der Waals surface area contributed by atoms with Crippen molar-refractivity contribution >= 4 is 41.2 Å². The molecule has 0 aliphatic carbocycles. The van der Waals surface area contributed by atoms with Crippen LogP contribution in [0.15, 0.2) is 41.8 Å². The zero-order valence-corrected chi connectivity index (χ0v) is 15.5. The van der Waals surface area contributed by atoms with Crippen molar-refractivity contribution in [2.45, 2.75) is 0 Å². The lowest BCUT2D eigenvalue weighted by atomic mass is 10.2. The third kappa shape index (κ3) is 7.23. The highest BCUT2D eigenvalue weighted by molar-refractivity contribution is 7.12. The first-order valence-corrected chi connectivity index (χ1v) is 8.51. The highest BCUT2D eigenvalue weighted by atomic mass is 35.5. The Hall–Kier alpha value is -1.93. The van der Waals surface area contributed by atoms with Gasteiger partial charge >= 0.3 is 0 Å². The smallest absolute Gasteiger partial charge is 0.265 e. The van der Waals surface area contributed by atoms with Gasteiger partial charge in [0.15, 0.2) is 0 Å². The molecule has 2 aromatic rings. The van der Waals surface area contributed by atoms with Crippen molar-refractivity contribution in [3.05, 3.63) is 52.2 Å². The Morgan fingerprint density at radius 1 is 1.08 bits per heavy atom. The number of carbonyl (C=O) groups excluding carboxylic acids is 2. The summed E-state index contributed by atoms with van der Waals surface area (Å²) in [6, 6.07) is 10.5. The van der Waals surface area contributed by atoms with Crippen LogP contribution >= 0.6 is 23.7 Å². The first-order valence-electron chi connectivity index (χ1n) is 7.63. The van der Waals surface area contributed by atoms with Gasteiger partial charge in [-0.05, 0) is 29.6 Å². The number of halogens is 1. The first-order chi connectivity index (χ1) is 11.7. The van der Waals surface area contributed by atoms with Gasteiger partial charge in [0.05, 0.1) is 11.5 Å². The second-order valence-electron chi connectivity index (χ2n) is 5.01. The summed E-state index contributed by atoms with van der Waals surface area (Å²) in [5.74, 6) is -0.347. The topological polar surface area (TPSA) is 79.5 Å². The van der Waals surface area contributed by atoms with Crippen LogP contribution in [0.25, 0.3) is 0 Å². The van der Waals surface area contributed by atoms with Crippen LogP contribution in [0.5, 0.6) is 0 Å². The molecule has 136 valence electrons. The molecule has 0 aliphatic rings. The molecule has 0 atom stereocenters. The number of hydrogen-bond donors (Lipinski definition) is 3. The zero-order valence-electron chi connectivity index (χ0n) is 13.9. The molecule has 0 saturated carbocycles. The Bertz CT molecular complexity index is 665. The van der Waals surface area contributed by atoms with Crippen LogP contribution in [0.2, 0.25) is 0 Å². The largest absolute Gasteiger partial charge is 0.383 e. The highest BCUT2D eigenvalue weighted by Gasteiger charge is 2.09. The van der Waals surface area contributed by atoms with Crippen molar-refractivity contribution in [2.24, 2.45) is 0 Å². The zero-order chi connectivity index (χ0) is 17.2. The van der Waals surface area contributed by atoms with E-state index in [-0.39, 0.29) is 24.2 Å². The number of hydrogen-bond acceptors (Lipinski definition) is 5. The Labute approximate surface area is 157 Å². The molecule has 0 spiro atoms. The SMILES string of the molecule is COCCNCCNC(=O)c1cccc(NC(=O)c2cccs2)c1.Cl. The summed E-state index contributed by atoms with van der Waals surface area (Å²) in [7, 11) is 1.65. The molecule has 3 N–H and O–H groups in total. The van der Waals surface area contributed by atoms with Gasteiger partial charge < -0.3 is 20.7 Å². The lowest BCUT2D eigenvalue weighted by Gasteiger charge is -2.08. The minimum absolute atomic E-state index is 0. The van der Waals surface area contributed by atoms with Crippen molar-refractivity contribution in [1.82, 2.24) is 10.6 Å². The van der Waals surface area contributed by atoms with Crippen LogP contribution in [0, 0.1) is 0 Å². The minimum atomic E-state index is -0.176. The normalized spacial score (nSPS) is 9.96. The van der Waals surface area contributed by atoms with E-state index in [0.29, 0.717) is 35.8 Å². The summed E-state index contributed by atoms with van der Waals surface area (Å²) in [6.07, 6.45) is 0. The van der Waals surface area contributed by atoms with Crippen molar-refractivity contribution in [2.75, 3.05) is 38.7 Å². The predicted molar refractivity (Wildman–Crippen MR) is 103 cm³/mol. The van der Waals surface area contributed by atoms with Crippen molar-refractivity contribution in [3.63, 3.8) is 0 Å². The number of anilines is 1. The lowest BCUT2D eigenvalue weighted by molar-refractivity contribution is 0.0952. The molecule has 1 aromatic heterocycles. The maximum Gasteiger partial charge on any atom is 0.265 e. The summed E-state index contributed by atoms with van der Waals surface area (Å²) < 4.78 is 4.93. The highest BCUT2D eigenvalue weighted by Crippen LogP contribution is 2.14. The van der Waals surface area contributed by atoms with Crippen LogP contribution in [-0.4, -0.2) is 45.2 Å². The molecule has 0 radical (unpaired) electrons. The molecular formula is C17H22ClN3O3S. The molecule has 1 aromatic carbocycles. The van der Waals surface area contributed by atoms with Gasteiger partial charge in [-0.15, -0.1) is 23.7 Å². The Balaban J connectivity index is 0.00000312. The van der Waals surface area contributed by atoms with E-state index in [4.69, 9.17) is 4.74 Å². The Morgan fingerprint density at radius 3 is 2.64 bits per heavy atom. The monoisotopic (exact) mass is 383 g/mol. The van der Waals surface area contributed by atoms with Crippen molar-refractivity contribution in [1.29, 1.82) is 0 Å². The van der Waals surface area contributed by atoms with Crippen LogP contribution in [0.4, 0.5) is 5.69 Å². The van der Waals surface area contributed by atoms with Crippen LogP contribution in [0.1, 0.15) is 20.0 Å². The standard InChI is InChI=1S/C17H21N3O3S.ClH/c1-23-10-9-18-7-8-19-16(21)13-4-2-5-14(12-13)20-17(22)15-6-3-11-24-15;/h2-6,11-12,18H,7-10H2,1H3,(H,19,21)(H,20,22);1H. The van der Waals surface area contributed by atoms with Gasteiger partial charge in [0.1, 0.15) is 0 Å². The number of methoxy groups -OCH3 is 1. The van der Waals surface area contributed by atoms with E-state index in [0.717, 1.165) is 6.54 Å². The third-order valence-electron chi connectivity index (χ3n) is 3.20. The van der Waals surface area contributed by atoms with Crippen LogP contribution in [0.3, 0.4) is 0 Å². The number of amides is 2. The Kier molecular flexibility index (Phi) is 9.79. The van der Waals surface area contributed by atoms with Crippen LogP contribution < -0.4 is 16.0 Å². The van der Waals surface area contributed by atoms with Crippen molar-refractivity contribution < 1.29 is 14.3 Å². The summed E-state index contributed by atoms with van der Waals surface area (Å²) in [5, 5.41) is 10.6. The van der Waals surface area contributed by atoms with Gasteiger partial charge in [0.2, 0.25) is 0 Å². The van der Waals surface area contributed by atoms with E-state index in [2.05, 4.69) is 16.0 Å². The third-order valence-corrected chi connectivity index (χ3v) is 4.07. The average molecular weight is 384 g/mol. The van der Waals surface area contributed by atoms with E-state index in [1.807, 2.05) is 11.4 Å². The van der Waals surface area contributed by atoms with Gasteiger partial charge in [-0.2, -0.15) is 0 Å². The number of carbonyl (C=O) groups is 2. The maximum absolute atomic E-state index is 12.1. The van der Waals surface area contributed by atoms with Gasteiger partial charge in [-0.25, -0.2) is 0 Å². The number of ether oxygens (including phenoxy) is 1. The molecule has 0 unspecified atom stereocenters. The number of thiophene rings is 1. The molecule has 0 bridgehead atoms. The van der Waals surface area contributed by atoms with Gasteiger partial charge in [0, 0.05) is 38.0 Å². The molecular weight excluding hydrogens is 362 g/mol. The molecule has 0 fully saturated rings. The van der Waals surface area contributed by atoms with Crippen molar-refractivity contribution in [3.8, 4) is 0 Å². The number of rotatable bonds is 9. The molecule has 0 saturated heterocycles. The van der Waals surface area contributed by atoms with E-state index < -0.39 is 0 Å². The summed E-state index contributed by atoms with van der Waals surface area (Å²) in [6.45, 7) is 2.58. The fraction of sp³-hybridized carbons (Fsp3) is 0.294. The van der Waals surface area contributed by atoms with Gasteiger partial charge in [-0.1, -0.05) is 12.1 Å². The van der Waals surface area contributed by atoms with Gasteiger partial charge in [-0.3, -0.25) is 9.59 Å². The van der Waals surface area contributed by atoms with Crippen LogP contribution in [-0.2, 0) is 4.74 Å². The maximum atomic E-state index is 12.1. The number of nitrogens with one attached hydrogen (secondary N) is 3. The lowest BCUT2D eigenvalue weighted by Crippen LogP contribution is -2.33. The molecule has 2 amide bonds. The van der Waals surface area contributed by atoms with E-state index in [9.17, 15) is 9.59 Å². The minimum Gasteiger partial charge on any atom is -0.383 e.